The maximum Gasteiger partial charge on any atom is 0.407 e. The Hall–Kier alpha value is -4.52. The van der Waals surface area contributed by atoms with Gasteiger partial charge in [-0.15, -0.1) is 0 Å². The van der Waals surface area contributed by atoms with Gasteiger partial charge in [0.15, 0.2) is 0 Å². The fraction of sp³-hybridized carbons (Fsp3) is 0.486. The van der Waals surface area contributed by atoms with Crippen LogP contribution in [0, 0.1) is 0 Å². The lowest BCUT2D eigenvalue weighted by atomic mass is 9.85. The Kier molecular flexibility index (Phi) is 9.30. The minimum absolute atomic E-state index is 0.0194. The smallest absolute Gasteiger partial charge is 0.407 e. The summed E-state index contributed by atoms with van der Waals surface area (Å²) in [5.74, 6) is -1.51. The van der Waals surface area contributed by atoms with Gasteiger partial charge in [0, 0.05) is 24.4 Å². The third kappa shape index (κ3) is 6.47. The van der Waals surface area contributed by atoms with E-state index < -0.39 is 43.3 Å². The number of esters is 3. The highest BCUT2D eigenvalue weighted by Crippen LogP contribution is 2.41. The van der Waals surface area contributed by atoms with Gasteiger partial charge in [-0.25, -0.2) is 14.6 Å². The van der Waals surface area contributed by atoms with Gasteiger partial charge in [-0.1, -0.05) is 39.4 Å². The fourth-order valence-electron chi connectivity index (χ4n) is 6.79. The lowest BCUT2D eigenvalue weighted by Crippen LogP contribution is -2.47. The van der Waals surface area contributed by atoms with Crippen molar-refractivity contribution in [2.24, 2.45) is 0 Å². The van der Waals surface area contributed by atoms with Crippen molar-refractivity contribution in [3.8, 4) is 17.1 Å². The van der Waals surface area contributed by atoms with Crippen LogP contribution < -0.4 is 20.8 Å². The number of cyclic esters (lactones) is 1. The van der Waals surface area contributed by atoms with E-state index in [9.17, 15) is 24.0 Å². The molecule has 12 nitrogen and oxygen atoms in total. The molecule has 4 heterocycles. The predicted molar refractivity (Wildman–Crippen MR) is 181 cm³/mol. The molecule has 1 aromatic carbocycles. The Morgan fingerprint density at radius 2 is 1.83 bits per heavy atom. The molecular weight excluding hydrogens is 634 g/mol. The van der Waals surface area contributed by atoms with Crippen molar-refractivity contribution < 1.29 is 38.1 Å². The summed E-state index contributed by atoms with van der Waals surface area (Å²) in [6, 6.07) is 8.09. The van der Waals surface area contributed by atoms with Crippen LogP contribution in [0.2, 0.25) is 19.1 Å². The molecule has 1 N–H and O–H groups in total. The van der Waals surface area contributed by atoms with E-state index in [2.05, 4.69) is 25.3 Å². The Labute approximate surface area is 280 Å². The molecule has 2 aliphatic heterocycles. The average molecular weight is 678 g/mol. The van der Waals surface area contributed by atoms with Gasteiger partial charge in [-0.3, -0.25) is 14.4 Å². The van der Waals surface area contributed by atoms with Gasteiger partial charge in [0.25, 0.3) is 5.56 Å². The zero-order chi connectivity index (χ0) is 35.2. The summed E-state index contributed by atoms with van der Waals surface area (Å²) >= 11 is 0. The molecule has 2 aromatic heterocycles. The molecule has 1 unspecified atom stereocenters. The predicted octanol–water partition coefficient (Wildman–Crippen LogP) is 4.80. The number of carbonyl (C=O) groups is 4. The van der Waals surface area contributed by atoms with Gasteiger partial charge in [-0.05, 0) is 62.2 Å². The first kappa shape index (κ1) is 34.8. The number of hydrogen-bond acceptors (Lipinski definition) is 10. The first-order valence-electron chi connectivity index (χ1n) is 16.3. The molecule has 0 bridgehead atoms. The molecule has 0 saturated heterocycles. The normalized spacial score (nSPS) is 16.8. The number of carbonyl (C=O) groups excluding carboxylic acids is 4. The van der Waals surface area contributed by atoms with Crippen molar-refractivity contribution >= 4 is 48.2 Å². The Bertz CT molecular complexity index is 1890. The number of rotatable bonds is 9. The molecule has 0 saturated carbocycles. The van der Waals surface area contributed by atoms with Crippen molar-refractivity contribution in [3.05, 3.63) is 51.3 Å². The van der Waals surface area contributed by atoms with Crippen molar-refractivity contribution in [3.63, 3.8) is 0 Å². The van der Waals surface area contributed by atoms with Crippen LogP contribution in [0.5, 0.6) is 5.75 Å². The van der Waals surface area contributed by atoms with Crippen molar-refractivity contribution in [2.45, 2.75) is 104 Å². The summed E-state index contributed by atoms with van der Waals surface area (Å²) in [6.45, 7) is 14.9. The van der Waals surface area contributed by atoms with Crippen LogP contribution in [-0.2, 0) is 47.3 Å². The highest BCUT2D eigenvalue weighted by Gasteiger charge is 2.50. The van der Waals surface area contributed by atoms with E-state index in [0.29, 0.717) is 22.7 Å². The van der Waals surface area contributed by atoms with Crippen molar-refractivity contribution in [1.82, 2.24) is 14.9 Å². The molecular formula is C35H43N3O9Si. The summed E-state index contributed by atoms with van der Waals surface area (Å²) in [6.07, 6.45) is 0.0720. The highest BCUT2D eigenvalue weighted by molar-refractivity contribution is 6.91. The van der Waals surface area contributed by atoms with Gasteiger partial charge >= 0.3 is 24.0 Å². The van der Waals surface area contributed by atoms with Crippen LogP contribution in [-0.4, -0.2) is 53.8 Å². The van der Waals surface area contributed by atoms with Crippen LogP contribution >= 0.6 is 0 Å². The van der Waals surface area contributed by atoms with E-state index >= 15 is 0 Å². The molecule has 0 spiro atoms. The number of alkyl carbamates (subject to hydrolysis) is 1. The van der Waals surface area contributed by atoms with E-state index in [4.69, 9.17) is 23.9 Å². The quantitative estimate of drug-likeness (QED) is 0.113. The van der Waals surface area contributed by atoms with Gasteiger partial charge < -0.3 is 28.8 Å². The van der Waals surface area contributed by atoms with E-state index in [1.165, 1.54) is 6.92 Å². The third-order valence-electron chi connectivity index (χ3n) is 8.73. The number of fused-ring (bicyclic) bond motifs is 5. The number of amides is 1. The summed E-state index contributed by atoms with van der Waals surface area (Å²) in [5, 5.41) is 4.54. The Morgan fingerprint density at radius 1 is 1.10 bits per heavy atom. The average Bonchev–Trinajstić information content (AvgIpc) is 3.34. The molecule has 2 aliphatic rings. The zero-order valence-corrected chi connectivity index (χ0v) is 29.8. The standard InChI is InChI=1S/C35H43N3O9Si/c1-9-15-48(7,8)30-22-16-21(45-20(3)39)11-12-26(22)37-29-23(30)18-38-27(29)17-25-24(31(38)41)19-44-32(42)35(25,10-2)46-28(40)13-14-36-33(43)47-34(4,5)6/h11-12,16-17H,9-10,13-15,18-19H2,1-8H3,(H,36,43). The largest absolute Gasteiger partial charge is 0.457 e. The highest BCUT2D eigenvalue weighted by atomic mass is 28.3. The number of aromatic nitrogens is 2. The van der Waals surface area contributed by atoms with E-state index in [1.54, 1.807) is 44.4 Å². The van der Waals surface area contributed by atoms with Gasteiger partial charge in [0.1, 0.15) is 18.0 Å². The Balaban J connectivity index is 1.59. The maximum atomic E-state index is 14.2. The van der Waals surface area contributed by atoms with Crippen LogP contribution in [0.25, 0.3) is 22.3 Å². The molecule has 1 amide bonds. The number of ether oxygens (including phenoxy) is 4. The number of pyridine rings is 2. The Morgan fingerprint density at radius 3 is 2.48 bits per heavy atom. The molecule has 13 heteroatoms. The van der Waals surface area contributed by atoms with Crippen LogP contribution in [0.1, 0.15) is 77.5 Å². The lowest BCUT2D eigenvalue weighted by molar-refractivity contribution is -0.189. The zero-order valence-electron chi connectivity index (χ0n) is 28.8. The van der Waals surface area contributed by atoms with Gasteiger partial charge in [0.05, 0.1) is 43.5 Å². The SMILES string of the molecule is CCC[Si](C)(C)c1c2c(nc3ccc(OC(C)=O)cc13)-c1cc3c(c(=O)n1C2)COC(=O)C3(CC)OC(=O)CCNC(=O)OC(C)(C)C. The van der Waals surface area contributed by atoms with Crippen LogP contribution in [0.15, 0.2) is 29.1 Å². The molecule has 0 aliphatic carbocycles. The number of benzene rings is 1. The number of nitrogens with one attached hydrogen (secondary N) is 1. The molecule has 48 heavy (non-hydrogen) atoms. The summed E-state index contributed by atoms with van der Waals surface area (Å²) < 4.78 is 23.6. The third-order valence-corrected chi connectivity index (χ3v) is 12.4. The van der Waals surface area contributed by atoms with Crippen LogP contribution in [0.3, 0.4) is 0 Å². The van der Waals surface area contributed by atoms with E-state index in [-0.39, 0.29) is 49.2 Å². The molecule has 5 rings (SSSR count). The first-order chi connectivity index (χ1) is 22.5. The van der Waals surface area contributed by atoms with Gasteiger partial charge in [0.2, 0.25) is 5.60 Å². The molecule has 1 atom stereocenters. The second-order valence-corrected chi connectivity index (χ2v) is 18.7. The first-order valence-corrected chi connectivity index (χ1v) is 19.5. The summed E-state index contributed by atoms with van der Waals surface area (Å²) in [7, 11) is -2.14. The minimum atomic E-state index is -2.14. The number of hydrogen-bond donors (Lipinski definition) is 1. The maximum absolute atomic E-state index is 14.2. The van der Waals surface area contributed by atoms with Crippen LogP contribution in [0.4, 0.5) is 4.79 Å². The second kappa shape index (κ2) is 12.8. The molecule has 0 fully saturated rings. The fourth-order valence-corrected chi connectivity index (χ4v) is 10.2. The molecule has 3 aromatic rings. The number of nitrogens with zero attached hydrogens (tertiary/aromatic N) is 2. The molecule has 256 valence electrons. The second-order valence-electron chi connectivity index (χ2n) is 13.9. The van der Waals surface area contributed by atoms with Gasteiger partial charge in [-0.2, -0.15) is 0 Å². The topological polar surface area (TPSA) is 152 Å². The monoisotopic (exact) mass is 677 g/mol. The summed E-state index contributed by atoms with van der Waals surface area (Å²) in [4.78, 5) is 69.6. The van der Waals surface area contributed by atoms with E-state index in [0.717, 1.165) is 28.6 Å². The van der Waals surface area contributed by atoms with E-state index in [1.807, 2.05) is 12.1 Å². The van der Waals surface area contributed by atoms with Crippen molar-refractivity contribution in [2.75, 3.05) is 6.54 Å². The molecule has 0 radical (unpaired) electrons. The van der Waals surface area contributed by atoms with Crippen molar-refractivity contribution in [1.29, 1.82) is 0 Å². The summed E-state index contributed by atoms with van der Waals surface area (Å²) in [5.41, 5.74) is 0.373. The minimum Gasteiger partial charge on any atom is -0.457 e. The lowest BCUT2D eigenvalue weighted by Gasteiger charge is -2.35.